The highest BCUT2D eigenvalue weighted by molar-refractivity contribution is 7.89. The predicted octanol–water partition coefficient (Wildman–Crippen LogP) is 0.774. The van der Waals surface area contributed by atoms with Crippen molar-refractivity contribution >= 4 is 16.0 Å². The monoisotopic (exact) mass is 336 g/mol. The number of hydrogen-bond donors (Lipinski definition) is 1. The standard InChI is InChI=1S/C16H16FNO4S/c1-11-2-8-14(9-3-11)23(21,22)18-15(16(19)20)10-12-4-6-13(17)7-5-12/h2-9,15,18H,10H2,1H3,(H,19,20)/p-1/t15-/m0/s1. The molecule has 0 bridgehead atoms. The molecule has 0 aliphatic rings. The second-order valence-corrected chi connectivity index (χ2v) is 6.85. The molecule has 0 aromatic heterocycles. The Morgan fingerprint density at radius 3 is 2.22 bits per heavy atom. The van der Waals surface area contributed by atoms with Crippen molar-refractivity contribution in [2.75, 3.05) is 0 Å². The lowest BCUT2D eigenvalue weighted by Gasteiger charge is -2.20. The highest BCUT2D eigenvalue weighted by Gasteiger charge is 2.21. The average molecular weight is 336 g/mol. The van der Waals surface area contributed by atoms with Gasteiger partial charge in [0.15, 0.2) is 0 Å². The molecule has 23 heavy (non-hydrogen) atoms. The van der Waals surface area contributed by atoms with Crippen molar-refractivity contribution in [3.05, 3.63) is 65.5 Å². The summed E-state index contributed by atoms with van der Waals surface area (Å²) in [4.78, 5) is 11.2. The minimum absolute atomic E-state index is 0.0338. The van der Waals surface area contributed by atoms with Gasteiger partial charge in [-0.05, 0) is 43.2 Å². The number of carboxylic acid groups (broad SMARTS) is 1. The Hall–Kier alpha value is -2.25. The van der Waals surface area contributed by atoms with Crippen LogP contribution in [0.5, 0.6) is 0 Å². The van der Waals surface area contributed by atoms with Crippen LogP contribution in [0.2, 0.25) is 0 Å². The van der Waals surface area contributed by atoms with Gasteiger partial charge in [-0.2, -0.15) is 0 Å². The number of carbonyl (C=O) groups excluding carboxylic acids is 1. The number of benzene rings is 2. The number of halogens is 1. The fourth-order valence-electron chi connectivity index (χ4n) is 2.00. The number of aryl methyl sites for hydroxylation is 1. The van der Waals surface area contributed by atoms with Gasteiger partial charge in [0.05, 0.1) is 16.9 Å². The largest absolute Gasteiger partial charge is 0.548 e. The summed E-state index contributed by atoms with van der Waals surface area (Å²) in [5, 5.41) is 11.2. The molecule has 1 atom stereocenters. The molecule has 5 nitrogen and oxygen atoms in total. The Labute approximate surface area is 133 Å². The minimum Gasteiger partial charge on any atom is -0.548 e. The van der Waals surface area contributed by atoms with Crippen LogP contribution in [-0.2, 0) is 21.2 Å². The zero-order valence-corrected chi connectivity index (χ0v) is 13.1. The van der Waals surface area contributed by atoms with Crippen LogP contribution in [0, 0.1) is 12.7 Å². The van der Waals surface area contributed by atoms with Crippen molar-refractivity contribution in [1.82, 2.24) is 4.72 Å². The number of aliphatic carboxylic acids is 1. The molecule has 0 radical (unpaired) electrons. The first kappa shape index (κ1) is 17.1. The maximum absolute atomic E-state index is 12.9. The van der Waals surface area contributed by atoms with Crippen LogP contribution in [0.25, 0.3) is 0 Å². The molecule has 7 heteroatoms. The van der Waals surface area contributed by atoms with E-state index >= 15 is 0 Å². The summed E-state index contributed by atoms with van der Waals surface area (Å²) in [6.07, 6.45) is -0.145. The first-order valence-electron chi connectivity index (χ1n) is 6.82. The molecule has 0 saturated heterocycles. The summed E-state index contributed by atoms with van der Waals surface area (Å²) in [7, 11) is -3.99. The molecule has 122 valence electrons. The Balaban J connectivity index is 2.20. The molecule has 0 aliphatic heterocycles. The number of carboxylic acids is 1. The van der Waals surface area contributed by atoms with Crippen LogP contribution in [-0.4, -0.2) is 20.4 Å². The topological polar surface area (TPSA) is 86.3 Å². The lowest BCUT2D eigenvalue weighted by atomic mass is 10.1. The maximum atomic E-state index is 12.9. The van der Waals surface area contributed by atoms with Gasteiger partial charge in [0.2, 0.25) is 10.0 Å². The quantitative estimate of drug-likeness (QED) is 0.844. The maximum Gasteiger partial charge on any atom is 0.241 e. The minimum atomic E-state index is -3.99. The molecule has 0 fully saturated rings. The number of sulfonamides is 1. The second kappa shape index (κ2) is 6.89. The van der Waals surface area contributed by atoms with Crippen molar-refractivity contribution in [3.8, 4) is 0 Å². The number of nitrogens with one attached hydrogen (secondary N) is 1. The molecule has 2 rings (SSSR count). The van der Waals surface area contributed by atoms with E-state index in [0.29, 0.717) is 5.56 Å². The first-order valence-corrected chi connectivity index (χ1v) is 8.30. The Morgan fingerprint density at radius 2 is 1.70 bits per heavy atom. The number of hydrogen-bond acceptors (Lipinski definition) is 4. The third kappa shape index (κ3) is 4.61. The van der Waals surface area contributed by atoms with Crippen LogP contribution in [0.3, 0.4) is 0 Å². The van der Waals surface area contributed by atoms with E-state index in [1.165, 1.54) is 36.4 Å². The zero-order chi connectivity index (χ0) is 17.0. The lowest BCUT2D eigenvalue weighted by Crippen LogP contribution is -2.49. The lowest BCUT2D eigenvalue weighted by molar-refractivity contribution is -0.307. The van der Waals surface area contributed by atoms with Crippen molar-refractivity contribution in [2.45, 2.75) is 24.3 Å². The Kier molecular flexibility index (Phi) is 5.12. The number of rotatable bonds is 6. The fourth-order valence-corrected chi connectivity index (χ4v) is 3.19. The van der Waals surface area contributed by atoms with E-state index in [1.54, 1.807) is 12.1 Å². The zero-order valence-electron chi connectivity index (χ0n) is 12.3. The van der Waals surface area contributed by atoms with Gasteiger partial charge >= 0.3 is 0 Å². The fraction of sp³-hybridized carbons (Fsp3) is 0.188. The first-order chi connectivity index (χ1) is 10.8. The number of carbonyl (C=O) groups is 1. The molecular formula is C16H15FNO4S-. The molecular weight excluding hydrogens is 321 g/mol. The normalized spacial score (nSPS) is 12.8. The molecule has 0 heterocycles. The van der Waals surface area contributed by atoms with Gasteiger partial charge in [0.1, 0.15) is 5.82 Å². The van der Waals surface area contributed by atoms with E-state index in [2.05, 4.69) is 4.72 Å². The van der Waals surface area contributed by atoms with Crippen molar-refractivity contribution in [2.24, 2.45) is 0 Å². The SMILES string of the molecule is Cc1ccc(S(=O)(=O)N[C@@H](Cc2ccc(F)cc2)C(=O)[O-])cc1. The van der Waals surface area contributed by atoms with Gasteiger partial charge in [0, 0.05) is 0 Å². The highest BCUT2D eigenvalue weighted by atomic mass is 32.2. The van der Waals surface area contributed by atoms with Gasteiger partial charge in [-0.3, -0.25) is 0 Å². The van der Waals surface area contributed by atoms with Gasteiger partial charge in [0.25, 0.3) is 0 Å². The summed E-state index contributed by atoms with van der Waals surface area (Å²) in [5.74, 6) is -2.01. The van der Waals surface area contributed by atoms with E-state index in [0.717, 1.165) is 5.56 Å². The van der Waals surface area contributed by atoms with Crippen molar-refractivity contribution in [3.63, 3.8) is 0 Å². The van der Waals surface area contributed by atoms with E-state index in [9.17, 15) is 22.7 Å². The van der Waals surface area contributed by atoms with Crippen LogP contribution >= 0.6 is 0 Å². The average Bonchev–Trinajstić information content (AvgIpc) is 2.49. The molecule has 0 unspecified atom stereocenters. The summed E-state index contributed by atoms with van der Waals surface area (Å²) in [5.41, 5.74) is 1.36. The van der Waals surface area contributed by atoms with Crippen LogP contribution < -0.4 is 9.83 Å². The Bertz CT molecular complexity index is 786. The van der Waals surface area contributed by atoms with Crippen molar-refractivity contribution in [1.29, 1.82) is 0 Å². The van der Waals surface area contributed by atoms with Gasteiger partial charge in [-0.1, -0.05) is 29.8 Å². The Morgan fingerprint density at radius 1 is 1.13 bits per heavy atom. The van der Waals surface area contributed by atoms with E-state index in [1.807, 2.05) is 6.92 Å². The third-order valence-electron chi connectivity index (χ3n) is 3.27. The molecule has 2 aromatic rings. The summed E-state index contributed by atoms with van der Waals surface area (Å²) in [6, 6.07) is 9.70. The molecule has 0 saturated carbocycles. The summed E-state index contributed by atoms with van der Waals surface area (Å²) < 4.78 is 39.5. The van der Waals surface area contributed by atoms with E-state index in [-0.39, 0.29) is 11.3 Å². The van der Waals surface area contributed by atoms with Crippen molar-refractivity contribution < 1.29 is 22.7 Å². The van der Waals surface area contributed by atoms with E-state index < -0.39 is 27.9 Å². The smallest absolute Gasteiger partial charge is 0.241 e. The third-order valence-corrected chi connectivity index (χ3v) is 4.75. The van der Waals surface area contributed by atoms with Gasteiger partial charge in [-0.25, -0.2) is 17.5 Å². The summed E-state index contributed by atoms with van der Waals surface area (Å²) in [6.45, 7) is 1.81. The van der Waals surface area contributed by atoms with Gasteiger partial charge in [-0.15, -0.1) is 0 Å². The van der Waals surface area contributed by atoms with Crippen LogP contribution in [0.4, 0.5) is 4.39 Å². The van der Waals surface area contributed by atoms with Crippen LogP contribution in [0.1, 0.15) is 11.1 Å². The molecule has 2 aromatic carbocycles. The molecule has 0 amide bonds. The highest BCUT2D eigenvalue weighted by Crippen LogP contribution is 2.12. The molecule has 0 spiro atoms. The van der Waals surface area contributed by atoms with Crippen LogP contribution in [0.15, 0.2) is 53.4 Å². The molecule has 1 N–H and O–H groups in total. The molecule has 0 aliphatic carbocycles. The van der Waals surface area contributed by atoms with E-state index in [4.69, 9.17) is 0 Å². The summed E-state index contributed by atoms with van der Waals surface area (Å²) >= 11 is 0. The second-order valence-electron chi connectivity index (χ2n) is 5.14. The predicted molar refractivity (Wildman–Crippen MR) is 80.4 cm³/mol. The van der Waals surface area contributed by atoms with Gasteiger partial charge < -0.3 is 9.90 Å².